The normalized spacial score (nSPS) is 19.5. The number of amides is 4. The van der Waals surface area contributed by atoms with Gasteiger partial charge in [0.25, 0.3) is 0 Å². The van der Waals surface area contributed by atoms with Crippen LogP contribution in [0.5, 0.6) is 0 Å². The summed E-state index contributed by atoms with van der Waals surface area (Å²) in [6.07, 6.45) is 4.75. The molecule has 8 heteroatoms. The fraction of sp³-hybridized carbons (Fsp3) is 0. The molecule has 0 fully saturated rings. The molecule has 0 saturated carbocycles. The minimum absolute atomic E-state index is 0.376. The van der Waals surface area contributed by atoms with Gasteiger partial charge in [-0.15, -0.1) is 0 Å². The molecular weight excluding hydrogens is 346 g/mol. The Labute approximate surface area is 102 Å². The first-order valence-corrected chi connectivity index (χ1v) is 9.93. The molecule has 0 aromatic heterocycles. The quantitative estimate of drug-likeness (QED) is 0.436. The third-order valence-electron chi connectivity index (χ3n) is 1.72. The van der Waals surface area contributed by atoms with E-state index in [2.05, 4.69) is 0 Å². The molecule has 0 bridgehead atoms. The maximum absolute atomic E-state index is 11.2. The average molecular weight is 350 g/mol. The number of imide groups is 2. The SMILES string of the molecule is O=C1C=CC(=O)N1[Se][Se]N1C(=O)C=CC1=O. The standard InChI is InChI=1S/C8H4N2O4Se2/c11-5-1-2-6(12)9(5)15-16-10-7(13)3-4-8(10)14/h1-4H. The van der Waals surface area contributed by atoms with Crippen molar-refractivity contribution in [3.63, 3.8) is 0 Å². The topological polar surface area (TPSA) is 74.8 Å². The molecule has 0 aliphatic carbocycles. The third-order valence-corrected chi connectivity index (χ3v) is 7.97. The molecule has 16 heavy (non-hydrogen) atoms. The number of carbonyl (C=O) groups is 4. The summed E-state index contributed by atoms with van der Waals surface area (Å²) in [6.45, 7) is 0. The van der Waals surface area contributed by atoms with E-state index in [1.165, 1.54) is 24.3 Å². The number of rotatable bonds is 3. The van der Waals surface area contributed by atoms with E-state index >= 15 is 0 Å². The van der Waals surface area contributed by atoms with Crippen molar-refractivity contribution in [2.45, 2.75) is 0 Å². The van der Waals surface area contributed by atoms with Gasteiger partial charge in [0.05, 0.1) is 0 Å². The van der Waals surface area contributed by atoms with Gasteiger partial charge in [-0.3, -0.25) is 0 Å². The molecule has 0 saturated heterocycles. The van der Waals surface area contributed by atoms with E-state index in [1.807, 2.05) is 0 Å². The summed E-state index contributed by atoms with van der Waals surface area (Å²) in [5.74, 6) is -1.50. The van der Waals surface area contributed by atoms with Crippen LogP contribution < -0.4 is 0 Å². The Balaban J connectivity index is 1.93. The predicted molar refractivity (Wildman–Crippen MR) is 53.5 cm³/mol. The Morgan fingerprint density at radius 1 is 0.625 bits per heavy atom. The van der Waals surface area contributed by atoms with Gasteiger partial charge in [-0.1, -0.05) is 0 Å². The van der Waals surface area contributed by atoms with Crippen LogP contribution in [0.1, 0.15) is 0 Å². The van der Waals surface area contributed by atoms with E-state index in [0.29, 0.717) is 0 Å². The van der Waals surface area contributed by atoms with Crippen LogP contribution in [0, 0.1) is 0 Å². The summed E-state index contributed by atoms with van der Waals surface area (Å²) < 4.78 is 2.15. The van der Waals surface area contributed by atoms with E-state index in [9.17, 15) is 19.2 Å². The van der Waals surface area contributed by atoms with E-state index in [0.717, 1.165) is 7.83 Å². The van der Waals surface area contributed by atoms with Gasteiger partial charge >= 0.3 is 102 Å². The summed E-state index contributed by atoms with van der Waals surface area (Å²) in [4.78, 5) is 44.8. The minimum atomic E-state index is -0.498. The Morgan fingerprint density at radius 3 is 1.12 bits per heavy atom. The van der Waals surface area contributed by atoms with Crippen molar-refractivity contribution in [1.82, 2.24) is 7.83 Å². The van der Waals surface area contributed by atoms with Crippen LogP contribution in [-0.4, -0.2) is 58.2 Å². The number of nitrogens with zero attached hydrogens (tertiary/aromatic N) is 2. The van der Waals surface area contributed by atoms with Crippen LogP contribution >= 0.6 is 0 Å². The van der Waals surface area contributed by atoms with E-state index in [4.69, 9.17) is 0 Å². The summed E-state index contributed by atoms with van der Waals surface area (Å²) in [6, 6.07) is 0. The van der Waals surface area contributed by atoms with Crippen molar-refractivity contribution < 1.29 is 19.2 Å². The Hall–Kier alpha value is -1.20. The van der Waals surface area contributed by atoms with E-state index in [-0.39, 0.29) is 23.6 Å². The molecule has 2 rings (SSSR count). The third kappa shape index (κ3) is 2.01. The van der Waals surface area contributed by atoms with Crippen LogP contribution in [0.4, 0.5) is 0 Å². The van der Waals surface area contributed by atoms with Crippen molar-refractivity contribution in [3.05, 3.63) is 24.3 Å². The molecule has 0 atom stereocenters. The molecule has 82 valence electrons. The Morgan fingerprint density at radius 2 is 0.875 bits per heavy atom. The zero-order valence-corrected chi connectivity index (χ0v) is 11.1. The van der Waals surface area contributed by atoms with Crippen molar-refractivity contribution >= 4 is 50.3 Å². The molecule has 2 heterocycles. The zero-order chi connectivity index (χ0) is 11.7. The summed E-state index contributed by atoms with van der Waals surface area (Å²) >= 11 is -0.996. The zero-order valence-electron chi connectivity index (χ0n) is 7.65. The predicted octanol–water partition coefficient (Wildman–Crippen LogP) is -2.01. The van der Waals surface area contributed by atoms with Crippen LogP contribution in [0.2, 0.25) is 0 Å². The first-order valence-electron chi connectivity index (χ1n) is 4.06. The molecule has 2 aliphatic rings. The molecule has 6 nitrogen and oxygen atoms in total. The van der Waals surface area contributed by atoms with Gasteiger partial charge in [0.15, 0.2) is 0 Å². The number of carbonyl (C=O) groups excluding carboxylic acids is 4. The second-order valence-corrected chi connectivity index (χ2v) is 8.17. The Kier molecular flexibility index (Phi) is 3.07. The molecule has 0 unspecified atom stereocenters. The summed E-state index contributed by atoms with van der Waals surface area (Å²) in [5, 5.41) is 0. The van der Waals surface area contributed by atoms with Gasteiger partial charge in [0, 0.05) is 0 Å². The van der Waals surface area contributed by atoms with Crippen LogP contribution in [-0.2, 0) is 19.2 Å². The van der Waals surface area contributed by atoms with Gasteiger partial charge in [-0.25, -0.2) is 0 Å². The molecule has 0 aromatic rings. The van der Waals surface area contributed by atoms with E-state index in [1.54, 1.807) is 0 Å². The molecule has 2 aliphatic heterocycles. The number of hydrogen-bond donors (Lipinski definition) is 0. The maximum atomic E-state index is 11.2. The van der Waals surface area contributed by atoms with E-state index < -0.39 is 26.7 Å². The van der Waals surface area contributed by atoms with Crippen molar-refractivity contribution in [2.75, 3.05) is 0 Å². The Bertz CT molecular complexity index is 379. The van der Waals surface area contributed by atoms with Gasteiger partial charge in [0.1, 0.15) is 0 Å². The van der Waals surface area contributed by atoms with Crippen LogP contribution in [0.25, 0.3) is 0 Å². The van der Waals surface area contributed by atoms with Crippen molar-refractivity contribution in [3.8, 4) is 0 Å². The summed E-state index contributed by atoms with van der Waals surface area (Å²) in [7, 11) is 0. The van der Waals surface area contributed by atoms with Crippen molar-refractivity contribution in [1.29, 1.82) is 0 Å². The second kappa shape index (κ2) is 4.35. The molecule has 0 radical (unpaired) electrons. The second-order valence-electron chi connectivity index (χ2n) is 2.76. The van der Waals surface area contributed by atoms with Gasteiger partial charge in [-0.05, 0) is 0 Å². The molecule has 0 aromatic carbocycles. The van der Waals surface area contributed by atoms with Gasteiger partial charge in [-0.2, -0.15) is 0 Å². The monoisotopic (exact) mass is 352 g/mol. The average Bonchev–Trinajstić information content (AvgIpc) is 2.72. The summed E-state index contributed by atoms with van der Waals surface area (Å²) in [5.41, 5.74) is 0. The van der Waals surface area contributed by atoms with Crippen LogP contribution in [0.15, 0.2) is 24.3 Å². The van der Waals surface area contributed by atoms with Gasteiger partial charge < -0.3 is 0 Å². The first kappa shape index (κ1) is 11.3. The fourth-order valence-corrected chi connectivity index (χ4v) is 7.05. The fourth-order valence-electron chi connectivity index (χ4n) is 0.987. The molecule has 4 amide bonds. The van der Waals surface area contributed by atoms with Crippen LogP contribution in [0.3, 0.4) is 0 Å². The number of hydrogen-bond acceptors (Lipinski definition) is 4. The molecule has 0 N–H and O–H groups in total. The first-order chi connectivity index (χ1) is 7.59. The molecular formula is C8H4N2O4Se2. The van der Waals surface area contributed by atoms with Gasteiger partial charge in [0.2, 0.25) is 0 Å². The van der Waals surface area contributed by atoms with Crippen molar-refractivity contribution in [2.24, 2.45) is 0 Å². The molecule has 0 spiro atoms.